The number of amides is 1. The first-order valence-electron chi connectivity index (χ1n) is 7.16. The van der Waals surface area contributed by atoms with E-state index in [1.807, 2.05) is 41.1 Å². The Morgan fingerprint density at radius 1 is 1.13 bits per heavy atom. The molecular formula is C17H15ClN4O. The van der Waals surface area contributed by atoms with Crippen molar-refractivity contribution < 1.29 is 4.79 Å². The first-order valence-corrected chi connectivity index (χ1v) is 7.54. The number of anilines is 1. The van der Waals surface area contributed by atoms with Crippen LogP contribution in [-0.2, 0) is 17.8 Å². The summed E-state index contributed by atoms with van der Waals surface area (Å²) in [5.41, 5.74) is 1.80. The predicted octanol–water partition coefficient (Wildman–Crippen LogP) is 3.16. The Kier molecular flexibility index (Phi) is 4.68. The van der Waals surface area contributed by atoms with Crippen molar-refractivity contribution in [3.05, 3.63) is 77.3 Å². The summed E-state index contributed by atoms with van der Waals surface area (Å²) in [4.78, 5) is 20.4. The van der Waals surface area contributed by atoms with Crippen molar-refractivity contribution in [3.8, 4) is 0 Å². The Labute approximate surface area is 139 Å². The van der Waals surface area contributed by atoms with Crippen LogP contribution < -0.4 is 5.32 Å². The Morgan fingerprint density at radius 2 is 1.96 bits per heavy atom. The van der Waals surface area contributed by atoms with Gasteiger partial charge >= 0.3 is 0 Å². The largest absolute Gasteiger partial charge is 0.313 e. The third-order valence-corrected chi connectivity index (χ3v) is 3.52. The van der Waals surface area contributed by atoms with Crippen LogP contribution in [-0.4, -0.2) is 20.4 Å². The van der Waals surface area contributed by atoms with Gasteiger partial charge in [-0.1, -0.05) is 41.9 Å². The van der Waals surface area contributed by atoms with E-state index in [1.54, 1.807) is 18.3 Å². The maximum atomic E-state index is 12.1. The van der Waals surface area contributed by atoms with Gasteiger partial charge in [-0.25, -0.2) is 4.98 Å². The highest BCUT2D eigenvalue weighted by atomic mass is 35.5. The lowest BCUT2D eigenvalue weighted by atomic mass is 10.2. The SMILES string of the molecule is O=C(Cc1ccc(Cl)cn1)Nc1nccn1Cc1ccccc1. The number of carbonyl (C=O) groups is 1. The van der Waals surface area contributed by atoms with Crippen LogP contribution in [0.3, 0.4) is 0 Å². The molecule has 23 heavy (non-hydrogen) atoms. The Bertz CT molecular complexity index is 784. The minimum atomic E-state index is -0.166. The second-order valence-electron chi connectivity index (χ2n) is 5.06. The number of carbonyl (C=O) groups excluding carboxylic acids is 1. The highest BCUT2D eigenvalue weighted by molar-refractivity contribution is 6.30. The van der Waals surface area contributed by atoms with Gasteiger partial charge < -0.3 is 4.57 Å². The summed E-state index contributed by atoms with van der Waals surface area (Å²) < 4.78 is 1.89. The summed E-state index contributed by atoms with van der Waals surface area (Å²) in [7, 11) is 0. The second-order valence-corrected chi connectivity index (χ2v) is 5.49. The van der Waals surface area contributed by atoms with Crippen LogP contribution in [0.1, 0.15) is 11.3 Å². The van der Waals surface area contributed by atoms with Crippen molar-refractivity contribution in [2.75, 3.05) is 5.32 Å². The van der Waals surface area contributed by atoms with Crippen molar-refractivity contribution in [2.24, 2.45) is 0 Å². The zero-order chi connectivity index (χ0) is 16.1. The van der Waals surface area contributed by atoms with Crippen molar-refractivity contribution in [2.45, 2.75) is 13.0 Å². The van der Waals surface area contributed by atoms with Crippen molar-refractivity contribution >= 4 is 23.5 Å². The summed E-state index contributed by atoms with van der Waals surface area (Å²) in [6.45, 7) is 0.648. The van der Waals surface area contributed by atoms with Gasteiger partial charge in [0, 0.05) is 24.3 Å². The van der Waals surface area contributed by atoms with E-state index in [0.717, 1.165) is 5.56 Å². The fourth-order valence-corrected chi connectivity index (χ4v) is 2.30. The summed E-state index contributed by atoms with van der Waals surface area (Å²) in [6, 6.07) is 13.4. The number of rotatable bonds is 5. The highest BCUT2D eigenvalue weighted by Crippen LogP contribution is 2.11. The smallest absolute Gasteiger partial charge is 0.232 e. The fraction of sp³-hybridized carbons (Fsp3) is 0.118. The fourth-order valence-electron chi connectivity index (χ4n) is 2.19. The van der Waals surface area contributed by atoms with E-state index in [4.69, 9.17) is 11.6 Å². The van der Waals surface area contributed by atoms with Gasteiger partial charge in [-0.2, -0.15) is 0 Å². The summed E-state index contributed by atoms with van der Waals surface area (Å²) >= 11 is 5.78. The number of imidazole rings is 1. The third-order valence-electron chi connectivity index (χ3n) is 3.29. The van der Waals surface area contributed by atoms with Crippen LogP contribution in [0.15, 0.2) is 61.1 Å². The molecule has 0 aliphatic heterocycles. The monoisotopic (exact) mass is 326 g/mol. The third kappa shape index (κ3) is 4.17. The minimum absolute atomic E-state index is 0.166. The van der Waals surface area contributed by atoms with Gasteiger partial charge in [0.2, 0.25) is 11.9 Å². The van der Waals surface area contributed by atoms with E-state index in [9.17, 15) is 4.79 Å². The molecule has 6 heteroatoms. The number of nitrogens with zero attached hydrogens (tertiary/aromatic N) is 3. The molecule has 0 atom stereocenters. The lowest BCUT2D eigenvalue weighted by Gasteiger charge is -2.09. The molecule has 1 N–H and O–H groups in total. The van der Waals surface area contributed by atoms with Crippen LogP contribution >= 0.6 is 11.6 Å². The molecule has 0 saturated carbocycles. The zero-order valence-electron chi connectivity index (χ0n) is 12.3. The summed E-state index contributed by atoms with van der Waals surface area (Å²) in [5.74, 6) is 0.355. The van der Waals surface area contributed by atoms with Crippen LogP contribution in [0.5, 0.6) is 0 Å². The van der Waals surface area contributed by atoms with E-state index >= 15 is 0 Å². The highest BCUT2D eigenvalue weighted by Gasteiger charge is 2.09. The molecule has 2 aromatic heterocycles. The molecule has 3 rings (SSSR count). The van der Waals surface area contributed by atoms with Crippen molar-refractivity contribution in [1.29, 1.82) is 0 Å². The van der Waals surface area contributed by atoms with E-state index in [1.165, 1.54) is 6.20 Å². The predicted molar refractivity (Wildman–Crippen MR) is 89.4 cm³/mol. The molecule has 0 aliphatic carbocycles. The van der Waals surface area contributed by atoms with E-state index < -0.39 is 0 Å². The number of nitrogens with one attached hydrogen (secondary N) is 1. The number of pyridine rings is 1. The quantitative estimate of drug-likeness (QED) is 0.783. The Balaban J connectivity index is 1.65. The number of benzene rings is 1. The van der Waals surface area contributed by atoms with Crippen molar-refractivity contribution in [3.63, 3.8) is 0 Å². The van der Waals surface area contributed by atoms with Crippen LogP contribution in [0.25, 0.3) is 0 Å². The van der Waals surface area contributed by atoms with Crippen LogP contribution in [0.4, 0.5) is 5.95 Å². The van der Waals surface area contributed by atoms with E-state index in [-0.39, 0.29) is 12.3 Å². The number of aromatic nitrogens is 3. The van der Waals surface area contributed by atoms with E-state index in [0.29, 0.717) is 23.2 Å². The standard InChI is InChI=1S/C17H15ClN4O/c18-14-6-7-15(20-11-14)10-16(23)21-17-19-8-9-22(17)12-13-4-2-1-3-5-13/h1-9,11H,10,12H2,(H,19,21,23). The number of hydrogen-bond donors (Lipinski definition) is 1. The van der Waals surface area contributed by atoms with Crippen LogP contribution in [0, 0.1) is 0 Å². The zero-order valence-corrected chi connectivity index (χ0v) is 13.1. The first-order chi connectivity index (χ1) is 11.2. The number of hydrogen-bond acceptors (Lipinski definition) is 3. The maximum absolute atomic E-state index is 12.1. The summed E-state index contributed by atoms with van der Waals surface area (Å²) in [5, 5.41) is 3.36. The Hall–Kier alpha value is -2.66. The first kappa shape index (κ1) is 15.2. The molecule has 2 heterocycles. The number of halogens is 1. The van der Waals surface area contributed by atoms with Gasteiger partial charge in [0.15, 0.2) is 0 Å². The van der Waals surface area contributed by atoms with Gasteiger partial charge in [-0.05, 0) is 17.7 Å². The van der Waals surface area contributed by atoms with Crippen LogP contribution in [0.2, 0.25) is 5.02 Å². The topological polar surface area (TPSA) is 59.8 Å². The molecule has 0 bridgehead atoms. The van der Waals surface area contributed by atoms with Crippen molar-refractivity contribution in [1.82, 2.24) is 14.5 Å². The van der Waals surface area contributed by atoms with Gasteiger partial charge in [0.25, 0.3) is 0 Å². The average Bonchev–Trinajstić information content (AvgIpc) is 2.97. The molecule has 0 aliphatic rings. The molecule has 1 aromatic carbocycles. The summed E-state index contributed by atoms with van der Waals surface area (Å²) in [6.07, 6.45) is 5.21. The molecule has 5 nitrogen and oxygen atoms in total. The second kappa shape index (κ2) is 7.07. The molecular weight excluding hydrogens is 312 g/mol. The normalized spacial score (nSPS) is 10.5. The van der Waals surface area contributed by atoms with Gasteiger partial charge in [0.1, 0.15) is 0 Å². The average molecular weight is 327 g/mol. The Morgan fingerprint density at radius 3 is 2.70 bits per heavy atom. The maximum Gasteiger partial charge on any atom is 0.232 e. The van der Waals surface area contributed by atoms with E-state index in [2.05, 4.69) is 15.3 Å². The molecule has 0 unspecified atom stereocenters. The molecule has 0 spiro atoms. The van der Waals surface area contributed by atoms with Gasteiger partial charge in [0.05, 0.1) is 18.0 Å². The molecule has 1 amide bonds. The molecule has 3 aromatic rings. The van der Waals surface area contributed by atoms with Gasteiger partial charge in [-0.3, -0.25) is 15.1 Å². The lowest BCUT2D eigenvalue weighted by molar-refractivity contribution is -0.115. The molecule has 0 saturated heterocycles. The minimum Gasteiger partial charge on any atom is -0.313 e. The lowest BCUT2D eigenvalue weighted by Crippen LogP contribution is -2.18. The molecule has 0 fully saturated rings. The van der Waals surface area contributed by atoms with Gasteiger partial charge in [-0.15, -0.1) is 0 Å². The molecule has 116 valence electrons. The molecule has 0 radical (unpaired) electrons.